The van der Waals surface area contributed by atoms with Crippen molar-refractivity contribution in [1.82, 2.24) is 24.8 Å². The van der Waals surface area contributed by atoms with Crippen molar-refractivity contribution < 1.29 is 4.74 Å². The summed E-state index contributed by atoms with van der Waals surface area (Å²) in [7, 11) is 0. The van der Waals surface area contributed by atoms with Crippen molar-refractivity contribution in [2.24, 2.45) is 0 Å². The number of nitrogens with zero attached hydrogens (tertiary/aromatic N) is 4. The molecule has 1 N–H and O–H groups in total. The Morgan fingerprint density at radius 3 is 3.00 bits per heavy atom. The van der Waals surface area contributed by atoms with Gasteiger partial charge in [0, 0.05) is 19.3 Å². The topological polar surface area (TPSA) is 66.9 Å². The van der Waals surface area contributed by atoms with Crippen molar-refractivity contribution >= 4 is 17.2 Å². The lowest BCUT2D eigenvalue weighted by Gasteiger charge is -2.24. The second-order valence-electron chi connectivity index (χ2n) is 3.82. The van der Waals surface area contributed by atoms with Gasteiger partial charge in [0.25, 0.3) is 0 Å². The fourth-order valence-corrected chi connectivity index (χ4v) is 1.81. The maximum atomic E-state index is 5.29. The zero-order chi connectivity index (χ0) is 11.5. The number of aromatic amines is 1. The Labute approximate surface area is 98.3 Å². The lowest BCUT2D eigenvalue weighted by atomic mass is 10.3. The highest BCUT2D eigenvalue weighted by Gasteiger charge is 2.06. The summed E-state index contributed by atoms with van der Waals surface area (Å²) in [4.78, 5) is 17.7. The number of imidazole rings is 1. The van der Waals surface area contributed by atoms with Crippen LogP contribution in [0.1, 0.15) is 5.69 Å². The number of H-pyrrole nitrogens is 1. The number of nitrogens with one attached hydrogen (secondary N) is 1. The molecule has 1 saturated heterocycles. The summed E-state index contributed by atoms with van der Waals surface area (Å²) in [6, 6.07) is 0. The number of hydrogen-bond acceptors (Lipinski definition) is 5. The first-order chi connectivity index (χ1) is 8.43. The highest BCUT2D eigenvalue weighted by atomic mass is 16.5. The van der Waals surface area contributed by atoms with Crippen LogP contribution in [0.3, 0.4) is 0 Å². The Hall–Kier alpha value is -1.95. The van der Waals surface area contributed by atoms with Gasteiger partial charge < -0.3 is 14.6 Å². The van der Waals surface area contributed by atoms with Crippen LogP contribution in [-0.2, 0) is 4.74 Å². The fraction of sp³-hybridized carbons (Fsp3) is 0.364. The standard InChI is InChI=1S/C11H13N5O/c1(2-16-3-5-17-6-4-16)9-10-11(14-7-12-9)15-8-13-10/h1-2,7-8H,3-6H2,(H,12,13,14,15). The summed E-state index contributed by atoms with van der Waals surface area (Å²) in [6.45, 7) is 3.42. The van der Waals surface area contributed by atoms with Gasteiger partial charge in [0.15, 0.2) is 5.65 Å². The predicted molar refractivity (Wildman–Crippen MR) is 63.1 cm³/mol. The molecular formula is C11H13N5O. The Balaban J connectivity index is 1.83. The average molecular weight is 231 g/mol. The van der Waals surface area contributed by atoms with Crippen LogP contribution in [0.4, 0.5) is 0 Å². The fourth-order valence-electron chi connectivity index (χ4n) is 1.81. The Kier molecular flexibility index (Phi) is 2.71. The first-order valence-electron chi connectivity index (χ1n) is 5.57. The molecule has 3 rings (SSSR count). The van der Waals surface area contributed by atoms with Crippen molar-refractivity contribution in [3.05, 3.63) is 24.5 Å². The monoisotopic (exact) mass is 231 g/mol. The number of morpholine rings is 1. The number of aromatic nitrogens is 4. The van der Waals surface area contributed by atoms with Crippen LogP contribution in [0.15, 0.2) is 18.9 Å². The molecule has 1 fully saturated rings. The van der Waals surface area contributed by atoms with Gasteiger partial charge in [-0.1, -0.05) is 0 Å². The maximum Gasteiger partial charge on any atom is 0.181 e. The summed E-state index contributed by atoms with van der Waals surface area (Å²) in [5, 5.41) is 0. The van der Waals surface area contributed by atoms with E-state index in [1.54, 1.807) is 6.33 Å². The van der Waals surface area contributed by atoms with Crippen molar-refractivity contribution in [3.63, 3.8) is 0 Å². The zero-order valence-electron chi connectivity index (χ0n) is 9.33. The van der Waals surface area contributed by atoms with Gasteiger partial charge >= 0.3 is 0 Å². The van der Waals surface area contributed by atoms with Gasteiger partial charge in [0.1, 0.15) is 11.8 Å². The molecule has 2 aromatic heterocycles. The molecule has 0 bridgehead atoms. The summed E-state index contributed by atoms with van der Waals surface area (Å²) in [5.41, 5.74) is 2.43. The Morgan fingerprint density at radius 1 is 1.24 bits per heavy atom. The molecule has 6 nitrogen and oxygen atoms in total. The molecule has 6 heteroatoms. The van der Waals surface area contributed by atoms with E-state index < -0.39 is 0 Å². The van der Waals surface area contributed by atoms with E-state index in [1.807, 2.05) is 12.3 Å². The van der Waals surface area contributed by atoms with E-state index in [1.165, 1.54) is 6.33 Å². The first-order valence-corrected chi connectivity index (χ1v) is 5.57. The molecule has 0 aliphatic carbocycles. The molecule has 3 heterocycles. The van der Waals surface area contributed by atoms with Gasteiger partial charge in [-0.15, -0.1) is 0 Å². The molecular weight excluding hydrogens is 218 g/mol. The summed E-state index contributed by atoms with van der Waals surface area (Å²) in [5.74, 6) is 0. The van der Waals surface area contributed by atoms with Gasteiger partial charge in [0.2, 0.25) is 0 Å². The maximum absolute atomic E-state index is 5.29. The lowest BCUT2D eigenvalue weighted by Crippen LogP contribution is -2.31. The van der Waals surface area contributed by atoms with Crippen LogP contribution < -0.4 is 0 Å². The largest absolute Gasteiger partial charge is 0.378 e. The normalized spacial score (nSPS) is 17.1. The van der Waals surface area contributed by atoms with Crippen LogP contribution in [-0.4, -0.2) is 51.1 Å². The van der Waals surface area contributed by atoms with Gasteiger partial charge in [-0.25, -0.2) is 15.0 Å². The van der Waals surface area contributed by atoms with E-state index in [-0.39, 0.29) is 0 Å². The van der Waals surface area contributed by atoms with Crippen LogP contribution >= 0.6 is 0 Å². The number of hydrogen-bond donors (Lipinski definition) is 1. The SMILES string of the molecule is C(=CN1CCOCC1)c1ncnc2nc[nH]c12. The van der Waals surface area contributed by atoms with Gasteiger partial charge in [-0.3, -0.25) is 0 Å². The first kappa shape index (κ1) is 10.2. The minimum Gasteiger partial charge on any atom is -0.378 e. The number of rotatable bonds is 2. The van der Waals surface area contributed by atoms with E-state index in [0.717, 1.165) is 37.5 Å². The van der Waals surface area contributed by atoms with E-state index in [4.69, 9.17) is 4.74 Å². The number of ether oxygens (including phenoxy) is 1. The van der Waals surface area contributed by atoms with Gasteiger partial charge in [0.05, 0.1) is 25.2 Å². The smallest absolute Gasteiger partial charge is 0.181 e. The molecule has 0 atom stereocenters. The van der Waals surface area contributed by atoms with Crippen molar-refractivity contribution in [1.29, 1.82) is 0 Å². The Morgan fingerprint density at radius 2 is 2.12 bits per heavy atom. The predicted octanol–water partition coefficient (Wildman–Crippen LogP) is 0.656. The molecule has 2 aromatic rings. The molecule has 0 spiro atoms. The van der Waals surface area contributed by atoms with Crippen LogP contribution in [0.2, 0.25) is 0 Å². The molecule has 0 aromatic carbocycles. The molecule has 0 radical (unpaired) electrons. The lowest BCUT2D eigenvalue weighted by molar-refractivity contribution is 0.0597. The quantitative estimate of drug-likeness (QED) is 0.822. The number of fused-ring (bicyclic) bond motifs is 1. The van der Waals surface area contributed by atoms with Crippen molar-refractivity contribution in [3.8, 4) is 0 Å². The molecule has 0 amide bonds. The molecule has 0 unspecified atom stereocenters. The molecule has 1 aliphatic rings. The minimum absolute atomic E-state index is 0.696. The second kappa shape index (κ2) is 4.50. The molecule has 0 saturated carbocycles. The second-order valence-corrected chi connectivity index (χ2v) is 3.82. The van der Waals surface area contributed by atoms with E-state index in [2.05, 4.69) is 24.8 Å². The highest BCUT2D eigenvalue weighted by Crippen LogP contribution is 2.11. The third-order valence-electron chi connectivity index (χ3n) is 2.74. The average Bonchev–Trinajstić information content (AvgIpc) is 2.86. The van der Waals surface area contributed by atoms with E-state index >= 15 is 0 Å². The summed E-state index contributed by atoms with van der Waals surface area (Å²) < 4.78 is 5.29. The van der Waals surface area contributed by atoms with E-state index in [0.29, 0.717) is 5.65 Å². The molecule has 1 aliphatic heterocycles. The summed E-state index contributed by atoms with van der Waals surface area (Å²) >= 11 is 0. The third kappa shape index (κ3) is 2.12. The Bertz CT molecular complexity index is 529. The van der Waals surface area contributed by atoms with E-state index in [9.17, 15) is 0 Å². The summed E-state index contributed by atoms with van der Waals surface area (Å²) in [6.07, 6.45) is 7.19. The highest BCUT2D eigenvalue weighted by molar-refractivity contribution is 5.78. The molecule has 17 heavy (non-hydrogen) atoms. The van der Waals surface area contributed by atoms with Gasteiger partial charge in [-0.05, 0) is 6.08 Å². The van der Waals surface area contributed by atoms with Crippen LogP contribution in [0.25, 0.3) is 17.2 Å². The van der Waals surface area contributed by atoms with Crippen LogP contribution in [0.5, 0.6) is 0 Å². The zero-order valence-corrected chi connectivity index (χ0v) is 9.33. The van der Waals surface area contributed by atoms with Crippen molar-refractivity contribution in [2.45, 2.75) is 0 Å². The van der Waals surface area contributed by atoms with Gasteiger partial charge in [-0.2, -0.15) is 0 Å². The van der Waals surface area contributed by atoms with Crippen molar-refractivity contribution in [2.75, 3.05) is 26.3 Å². The minimum atomic E-state index is 0.696. The molecule has 88 valence electrons. The van der Waals surface area contributed by atoms with Crippen LogP contribution in [0, 0.1) is 0 Å². The third-order valence-corrected chi connectivity index (χ3v) is 2.74.